The number of hydrogen-bond acceptors (Lipinski definition) is 3. The number of nitrogens with one attached hydrogen (secondary N) is 1. The molecule has 6 heteroatoms. The van der Waals surface area contributed by atoms with Crippen LogP contribution in [0.4, 0.5) is 0 Å². The van der Waals surface area contributed by atoms with E-state index < -0.39 is 9.84 Å². The molecule has 3 nitrogen and oxygen atoms in total. The van der Waals surface area contributed by atoms with Gasteiger partial charge in [-0.3, -0.25) is 0 Å². The van der Waals surface area contributed by atoms with Crippen LogP contribution in [0.1, 0.15) is 38.3 Å². The Bertz CT molecular complexity index is 603. The first-order chi connectivity index (χ1) is 9.25. The standard InChI is InChI=1S/C14H19Cl2NO2S/c1-3-13(10-4-5-11(15)12(16)8-10)17-14(2)6-7-20(18,19)9-14/h4-5,8,13,17H,3,6-7,9H2,1-2H3. The monoisotopic (exact) mass is 335 g/mol. The van der Waals surface area contributed by atoms with Crippen LogP contribution in [-0.2, 0) is 9.84 Å². The van der Waals surface area contributed by atoms with Crippen LogP contribution in [0, 0.1) is 0 Å². The summed E-state index contributed by atoms with van der Waals surface area (Å²) in [7, 11) is -2.91. The normalized spacial score (nSPS) is 26.6. The zero-order valence-corrected chi connectivity index (χ0v) is 13.9. The lowest BCUT2D eigenvalue weighted by Gasteiger charge is -2.30. The second-order valence-electron chi connectivity index (χ2n) is 5.68. The average molecular weight is 336 g/mol. The highest BCUT2D eigenvalue weighted by atomic mass is 35.5. The van der Waals surface area contributed by atoms with Crippen molar-refractivity contribution >= 4 is 33.0 Å². The molecule has 0 radical (unpaired) electrons. The molecule has 1 aliphatic heterocycles. The third kappa shape index (κ3) is 3.67. The molecule has 0 aliphatic carbocycles. The lowest BCUT2D eigenvalue weighted by molar-refractivity contribution is 0.337. The van der Waals surface area contributed by atoms with E-state index in [1.807, 2.05) is 19.1 Å². The molecule has 1 saturated heterocycles. The van der Waals surface area contributed by atoms with Crippen LogP contribution in [0.2, 0.25) is 10.0 Å². The molecule has 0 aromatic heterocycles. The van der Waals surface area contributed by atoms with Gasteiger partial charge in [0.15, 0.2) is 9.84 Å². The third-order valence-electron chi connectivity index (χ3n) is 3.78. The maximum Gasteiger partial charge on any atom is 0.152 e. The zero-order chi connectivity index (χ0) is 15.0. The van der Waals surface area contributed by atoms with E-state index in [0.717, 1.165) is 12.0 Å². The van der Waals surface area contributed by atoms with Crippen molar-refractivity contribution in [1.29, 1.82) is 0 Å². The number of halogens is 2. The van der Waals surface area contributed by atoms with Crippen LogP contribution in [0.15, 0.2) is 18.2 Å². The van der Waals surface area contributed by atoms with Crippen molar-refractivity contribution in [2.24, 2.45) is 0 Å². The summed E-state index contributed by atoms with van der Waals surface area (Å²) in [5.74, 6) is 0.451. The first-order valence-electron chi connectivity index (χ1n) is 6.68. The van der Waals surface area contributed by atoms with E-state index in [1.54, 1.807) is 6.07 Å². The summed E-state index contributed by atoms with van der Waals surface area (Å²) in [6.45, 7) is 4.03. The van der Waals surface area contributed by atoms with Gasteiger partial charge in [-0.1, -0.05) is 36.2 Å². The van der Waals surface area contributed by atoms with E-state index in [1.165, 1.54) is 0 Å². The Labute approximate surface area is 130 Å². The molecule has 112 valence electrons. The van der Waals surface area contributed by atoms with Crippen LogP contribution in [-0.4, -0.2) is 25.5 Å². The van der Waals surface area contributed by atoms with Gasteiger partial charge in [-0.15, -0.1) is 0 Å². The van der Waals surface area contributed by atoms with Gasteiger partial charge in [0.05, 0.1) is 21.6 Å². The van der Waals surface area contributed by atoms with Crippen LogP contribution >= 0.6 is 23.2 Å². The Morgan fingerprint density at radius 2 is 2.05 bits per heavy atom. The fourth-order valence-corrected chi connectivity index (χ4v) is 5.11. The molecular weight excluding hydrogens is 317 g/mol. The quantitative estimate of drug-likeness (QED) is 0.914. The van der Waals surface area contributed by atoms with Gasteiger partial charge in [0, 0.05) is 11.6 Å². The summed E-state index contributed by atoms with van der Waals surface area (Å²) in [4.78, 5) is 0. The Kier molecular flexibility index (Phi) is 4.69. The summed E-state index contributed by atoms with van der Waals surface area (Å²) in [6, 6.07) is 5.63. The maximum absolute atomic E-state index is 11.7. The fraction of sp³-hybridized carbons (Fsp3) is 0.571. The minimum atomic E-state index is -2.91. The molecule has 2 rings (SSSR count). The van der Waals surface area contributed by atoms with Gasteiger partial charge in [0.2, 0.25) is 0 Å². The molecule has 2 atom stereocenters. The molecule has 1 fully saturated rings. The van der Waals surface area contributed by atoms with Crippen molar-refractivity contribution in [3.05, 3.63) is 33.8 Å². The van der Waals surface area contributed by atoms with Gasteiger partial charge in [0.1, 0.15) is 0 Å². The molecule has 1 aromatic rings. The van der Waals surface area contributed by atoms with E-state index in [2.05, 4.69) is 12.2 Å². The Morgan fingerprint density at radius 1 is 1.35 bits per heavy atom. The second-order valence-corrected chi connectivity index (χ2v) is 8.68. The van der Waals surface area contributed by atoms with Gasteiger partial charge in [-0.2, -0.15) is 0 Å². The number of rotatable bonds is 4. The lowest BCUT2D eigenvalue weighted by atomic mass is 9.96. The first-order valence-corrected chi connectivity index (χ1v) is 9.25. The molecule has 1 aromatic carbocycles. The predicted octanol–water partition coefficient (Wildman–Crippen LogP) is 3.61. The third-order valence-corrected chi connectivity index (χ3v) is 6.42. The molecule has 0 saturated carbocycles. The molecule has 1 aliphatic rings. The van der Waals surface area contributed by atoms with Crippen LogP contribution in [0.3, 0.4) is 0 Å². The Balaban J connectivity index is 2.19. The highest BCUT2D eigenvalue weighted by Gasteiger charge is 2.39. The second kappa shape index (κ2) is 5.84. The van der Waals surface area contributed by atoms with E-state index in [0.29, 0.717) is 16.5 Å². The van der Waals surface area contributed by atoms with Crippen molar-refractivity contribution in [1.82, 2.24) is 5.32 Å². The van der Waals surface area contributed by atoms with Crippen molar-refractivity contribution < 1.29 is 8.42 Å². The van der Waals surface area contributed by atoms with Gasteiger partial charge in [-0.25, -0.2) is 8.42 Å². The molecule has 0 amide bonds. The highest BCUT2D eigenvalue weighted by molar-refractivity contribution is 7.91. The Hall–Kier alpha value is -0.290. The van der Waals surface area contributed by atoms with Crippen LogP contribution < -0.4 is 5.32 Å². The molecule has 1 heterocycles. The summed E-state index contributed by atoms with van der Waals surface area (Å²) in [5.41, 5.74) is 0.665. The molecule has 0 bridgehead atoms. The largest absolute Gasteiger partial charge is 0.304 e. The number of benzene rings is 1. The van der Waals surface area contributed by atoms with E-state index in [-0.39, 0.29) is 23.1 Å². The topological polar surface area (TPSA) is 46.2 Å². The maximum atomic E-state index is 11.7. The number of hydrogen-bond donors (Lipinski definition) is 1. The average Bonchev–Trinajstić information content (AvgIpc) is 2.64. The van der Waals surface area contributed by atoms with Crippen LogP contribution in [0.5, 0.6) is 0 Å². The molecule has 20 heavy (non-hydrogen) atoms. The first kappa shape index (κ1) is 16.1. The fourth-order valence-electron chi connectivity index (χ4n) is 2.70. The molecule has 1 N–H and O–H groups in total. The predicted molar refractivity (Wildman–Crippen MR) is 84.3 cm³/mol. The van der Waals surface area contributed by atoms with Crippen molar-refractivity contribution in [3.63, 3.8) is 0 Å². The highest BCUT2D eigenvalue weighted by Crippen LogP contribution is 2.31. The smallest absolute Gasteiger partial charge is 0.152 e. The van der Waals surface area contributed by atoms with Gasteiger partial charge in [-0.05, 0) is 37.5 Å². The lowest BCUT2D eigenvalue weighted by Crippen LogP contribution is -2.45. The van der Waals surface area contributed by atoms with E-state index >= 15 is 0 Å². The molecule has 0 spiro atoms. The van der Waals surface area contributed by atoms with E-state index in [4.69, 9.17) is 23.2 Å². The minimum Gasteiger partial charge on any atom is -0.304 e. The minimum absolute atomic E-state index is 0.0723. The van der Waals surface area contributed by atoms with E-state index in [9.17, 15) is 8.42 Å². The number of sulfone groups is 1. The van der Waals surface area contributed by atoms with Crippen molar-refractivity contribution in [3.8, 4) is 0 Å². The summed E-state index contributed by atoms with van der Waals surface area (Å²) < 4.78 is 23.3. The van der Waals surface area contributed by atoms with Crippen molar-refractivity contribution in [2.75, 3.05) is 11.5 Å². The van der Waals surface area contributed by atoms with Gasteiger partial charge < -0.3 is 5.32 Å². The SMILES string of the molecule is CCC(NC1(C)CCS(=O)(=O)C1)c1ccc(Cl)c(Cl)c1. The summed E-state index contributed by atoms with van der Waals surface area (Å²) in [5, 5.41) is 4.53. The molecule has 2 unspecified atom stereocenters. The van der Waals surface area contributed by atoms with Crippen LogP contribution in [0.25, 0.3) is 0 Å². The van der Waals surface area contributed by atoms with Gasteiger partial charge in [0.25, 0.3) is 0 Å². The van der Waals surface area contributed by atoms with Gasteiger partial charge >= 0.3 is 0 Å². The summed E-state index contributed by atoms with van der Waals surface area (Å²) in [6.07, 6.45) is 1.50. The Morgan fingerprint density at radius 3 is 2.55 bits per heavy atom. The summed E-state index contributed by atoms with van der Waals surface area (Å²) >= 11 is 12.0. The van der Waals surface area contributed by atoms with Crippen molar-refractivity contribution in [2.45, 2.75) is 38.3 Å². The molecular formula is C14H19Cl2NO2S. The zero-order valence-electron chi connectivity index (χ0n) is 11.6.